The van der Waals surface area contributed by atoms with Crippen LogP contribution in [0.4, 0.5) is 5.69 Å². The third-order valence-corrected chi connectivity index (χ3v) is 2.88. The van der Waals surface area contributed by atoms with Crippen molar-refractivity contribution in [2.75, 3.05) is 7.11 Å². The van der Waals surface area contributed by atoms with Crippen molar-refractivity contribution in [3.05, 3.63) is 58.6 Å². The van der Waals surface area contributed by atoms with Crippen molar-refractivity contribution in [2.24, 2.45) is 4.99 Å². The Morgan fingerprint density at radius 3 is 2.80 bits per heavy atom. The number of nitrogens with zero attached hydrogens (tertiary/aromatic N) is 1. The fourth-order valence-corrected chi connectivity index (χ4v) is 1.81. The van der Waals surface area contributed by atoms with Gasteiger partial charge in [-0.1, -0.05) is 29.8 Å². The van der Waals surface area contributed by atoms with Crippen LogP contribution < -0.4 is 0 Å². The van der Waals surface area contributed by atoms with Gasteiger partial charge in [0.05, 0.1) is 12.7 Å². The molecule has 5 heteroatoms. The molecule has 0 aromatic heterocycles. The number of rotatable bonds is 3. The number of carbonyl (C=O) groups is 1. The molecule has 2 aromatic carbocycles. The summed E-state index contributed by atoms with van der Waals surface area (Å²) in [4.78, 5) is 15.8. The monoisotopic (exact) mass is 289 g/mol. The highest BCUT2D eigenvalue weighted by Crippen LogP contribution is 2.29. The minimum atomic E-state index is -0.442. The molecule has 0 aliphatic carbocycles. The van der Waals surface area contributed by atoms with Crippen LogP contribution in [0.1, 0.15) is 15.9 Å². The zero-order chi connectivity index (χ0) is 14.5. The van der Waals surface area contributed by atoms with Crippen molar-refractivity contribution < 1.29 is 14.6 Å². The molecule has 102 valence electrons. The molecule has 2 rings (SSSR count). The van der Waals surface area contributed by atoms with Gasteiger partial charge in [-0.15, -0.1) is 0 Å². The number of hydrogen-bond acceptors (Lipinski definition) is 4. The van der Waals surface area contributed by atoms with Gasteiger partial charge < -0.3 is 9.84 Å². The van der Waals surface area contributed by atoms with Crippen LogP contribution in [0.3, 0.4) is 0 Å². The summed E-state index contributed by atoms with van der Waals surface area (Å²) < 4.78 is 4.70. The van der Waals surface area contributed by atoms with E-state index >= 15 is 0 Å². The topological polar surface area (TPSA) is 58.9 Å². The first kappa shape index (κ1) is 14.1. The molecule has 0 saturated carbocycles. The minimum Gasteiger partial charge on any atom is -0.506 e. The zero-order valence-corrected chi connectivity index (χ0v) is 11.5. The lowest BCUT2D eigenvalue weighted by molar-refractivity contribution is 0.0600. The molecule has 2 aromatic rings. The summed E-state index contributed by atoms with van der Waals surface area (Å²) in [7, 11) is 1.32. The van der Waals surface area contributed by atoms with Crippen LogP contribution in [0, 0.1) is 0 Å². The molecule has 0 heterocycles. The number of aromatic hydroxyl groups is 1. The Balaban J connectivity index is 2.37. The average Bonchev–Trinajstić information content (AvgIpc) is 2.47. The molecule has 4 nitrogen and oxygen atoms in total. The van der Waals surface area contributed by atoms with Gasteiger partial charge in [-0.3, -0.25) is 4.99 Å². The molecule has 20 heavy (non-hydrogen) atoms. The van der Waals surface area contributed by atoms with E-state index in [0.29, 0.717) is 21.8 Å². The first-order valence-corrected chi connectivity index (χ1v) is 6.19. The van der Waals surface area contributed by atoms with E-state index < -0.39 is 5.97 Å². The maximum absolute atomic E-state index is 11.6. The number of aliphatic imine (C=N–C) groups is 1. The largest absolute Gasteiger partial charge is 0.506 e. The first-order valence-electron chi connectivity index (χ1n) is 5.81. The van der Waals surface area contributed by atoms with Crippen molar-refractivity contribution in [1.29, 1.82) is 0 Å². The van der Waals surface area contributed by atoms with Gasteiger partial charge >= 0.3 is 5.97 Å². The number of ether oxygens (including phenoxy) is 1. The maximum Gasteiger partial charge on any atom is 0.338 e. The normalized spacial score (nSPS) is 10.7. The zero-order valence-electron chi connectivity index (χ0n) is 10.7. The van der Waals surface area contributed by atoms with Crippen molar-refractivity contribution in [3.8, 4) is 5.75 Å². The van der Waals surface area contributed by atoms with Gasteiger partial charge in [0, 0.05) is 16.8 Å². The molecule has 0 unspecified atom stereocenters. The molecular weight excluding hydrogens is 278 g/mol. The summed E-state index contributed by atoms with van der Waals surface area (Å²) in [5.41, 5.74) is 1.33. The number of carbonyl (C=O) groups excluding carboxylic acids is 1. The van der Waals surface area contributed by atoms with Crippen molar-refractivity contribution >= 4 is 29.5 Å². The Kier molecular flexibility index (Phi) is 4.38. The fourth-order valence-electron chi connectivity index (χ4n) is 1.64. The second-order valence-electron chi connectivity index (χ2n) is 3.97. The highest BCUT2D eigenvalue weighted by atomic mass is 35.5. The predicted molar refractivity (Wildman–Crippen MR) is 78.2 cm³/mol. The van der Waals surface area contributed by atoms with E-state index in [-0.39, 0.29) is 5.75 Å². The van der Waals surface area contributed by atoms with E-state index in [9.17, 15) is 9.90 Å². The fraction of sp³-hybridized carbons (Fsp3) is 0.0667. The van der Waals surface area contributed by atoms with Crippen LogP contribution in [0.2, 0.25) is 5.02 Å². The van der Waals surface area contributed by atoms with Crippen molar-refractivity contribution in [2.45, 2.75) is 0 Å². The number of phenolic OH excluding ortho intramolecular Hbond substituents is 1. The summed E-state index contributed by atoms with van der Waals surface area (Å²) >= 11 is 5.84. The summed E-state index contributed by atoms with van der Waals surface area (Å²) in [6.45, 7) is 0. The number of hydrogen-bond donors (Lipinski definition) is 1. The van der Waals surface area contributed by atoms with E-state index in [0.717, 1.165) is 0 Å². The van der Waals surface area contributed by atoms with Crippen LogP contribution in [0.15, 0.2) is 47.5 Å². The molecule has 0 bridgehead atoms. The van der Waals surface area contributed by atoms with Crippen LogP contribution in [-0.2, 0) is 4.74 Å². The third-order valence-electron chi connectivity index (χ3n) is 2.65. The Morgan fingerprint density at radius 2 is 2.05 bits per heavy atom. The molecule has 0 aliphatic heterocycles. The number of methoxy groups -OCH3 is 1. The molecular formula is C15H12ClNO3. The summed E-state index contributed by atoms with van der Waals surface area (Å²) in [6, 6.07) is 11.5. The van der Waals surface area contributed by atoms with Crippen LogP contribution in [0.5, 0.6) is 5.75 Å². The Hall–Kier alpha value is -2.33. The van der Waals surface area contributed by atoms with Crippen molar-refractivity contribution in [3.63, 3.8) is 0 Å². The van der Waals surface area contributed by atoms with Crippen LogP contribution >= 0.6 is 11.6 Å². The first-order chi connectivity index (χ1) is 9.61. The standard InChI is InChI=1S/C15H12ClNO3/c1-20-15(19)12-5-3-2-4-10(12)9-17-13-8-11(16)6-7-14(13)18/h2-9,18H,1H3. The Morgan fingerprint density at radius 1 is 1.30 bits per heavy atom. The number of esters is 1. The second-order valence-corrected chi connectivity index (χ2v) is 4.41. The highest BCUT2D eigenvalue weighted by Gasteiger charge is 2.09. The Labute approximate surface area is 121 Å². The smallest absolute Gasteiger partial charge is 0.338 e. The van der Waals surface area contributed by atoms with Gasteiger partial charge in [0.25, 0.3) is 0 Å². The minimum absolute atomic E-state index is 0.0150. The number of benzene rings is 2. The van der Waals surface area contributed by atoms with Gasteiger partial charge in [-0.25, -0.2) is 4.79 Å². The van der Waals surface area contributed by atoms with Crippen LogP contribution in [-0.4, -0.2) is 24.4 Å². The van der Waals surface area contributed by atoms with Crippen molar-refractivity contribution in [1.82, 2.24) is 0 Å². The number of phenols is 1. The SMILES string of the molecule is COC(=O)c1ccccc1C=Nc1cc(Cl)ccc1O. The van der Waals surface area contributed by atoms with E-state index in [2.05, 4.69) is 4.99 Å². The lowest BCUT2D eigenvalue weighted by Gasteiger charge is -2.03. The summed E-state index contributed by atoms with van der Waals surface area (Å²) in [5.74, 6) is -0.427. The molecule has 0 spiro atoms. The molecule has 0 saturated heterocycles. The Bertz CT molecular complexity index is 668. The van der Waals surface area contributed by atoms with E-state index in [1.807, 2.05) is 0 Å². The van der Waals surface area contributed by atoms with E-state index in [1.54, 1.807) is 30.3 Å². The summed E-state index contributed by atoms with van der Waals surface area (Å²) in [5, 5.41) is 10.1. The average molecular weight is 290 g/mol. The van der Waals surface area contributed by atoms with E-state index in [1.165, 1.54) is 25.5 Å². The maximum atomic E-state index is 11.6. The summed E-state index contributed by atoms with van der Waals surface area (Å²) in [6.07, 6.45) is 1.48. The highest BCUT2D eigenvalue weighted by molar-refractivity contribution is 6.30. The molecule has 0 atom stereocenters. The van der Waals surface area contributed by atoms with E-state index in [4.69, 9.17) is 16.3 Å². The predicted octanol–water partition coefficient (Wildman–Crippen LogP) is 3.58. The molecule has 0 fully saturated rings. The van der Waals surface area contributed by atoms with Crippen LogP contribution in [0.25, 0.3) is 0 Å². The number of halogens is 1. The third kappa shape index (κ3) is 3.16. The van der Waals surface area contributed by atoms with Gasteiger partial charge in [0.2, 0.25) is 0 Å². The molecule has 0 amide bonds. The van der Waals surface area contributed by atoms with Gasteiger partial charge in [0.15, 0.2) is 0 Å². The molecule has 0 radical (unpaired) electrons. The lowest BCUT2D eigenvalue weighted by Crippen LogP contribution is -2.04. The van der Waals surface area contributed by atoms with Gasteiger partial charge in [-0.05, 0) is 24.3 Å². The quantitative estimate of drug-likeness (QED) is 0.694. The van der Waals surface area contributed by atoms with Gasteiger partial charge in [0.1, 0.15) is 11.4 Å². The molecule has 0 aliphatic rings. The molecule has 1 N–H and O–H groups in total. The second kappa shape index (κ2) is 6.21. The lowest BCUT2D eigenvalue weighted by atomic mass is 10.1. The van der Waals surface area contributed by atoms with Gasteiger partial charge in [-0.2, -0.15) is 0 Å².